The third-order valence-corrected chi connectivity index (χ3v) is 3.37. The Morgan fingerprint density at radius 2 is 2.21 bits per heavy atom. The maximum Gasteiger partial charge on any atom is 0.150 e. The minimum absolute atomic E-state index is 0.0323. The van der Waals surface area contributed by atoms with E-state index in [0.29, 0.717) is 5.69 Å². The Labute approximate surface area is 111 Å². The normalized spacial score (nSPS) is 19.5. The smallest absolute Gasteiger partial charge is 0.150 e. The van der Waals surface area contributed by atoms with Crippen molar-refractivity contribution in [1.29, 1.82) is 0 Å². The van der Waals surface area contributed by atoms with Crippen molar-refractivity contribution in [1.82, 2.24) is 14.8 Å². The van der Waals surface area contributed by atoms with Gasteiger partial charge in [-0.3, -0.25) is 4.98 Å². The number of aromatic nitrogens is 3. The number of rotatable bonds is 3. The molecule has 5 heteroatoms. The number of pyridine rings is 1. The highest BCUT2D eigenvalue weighted by Gasteiger charge is 2.16. The maximum atomic E-state index is 8.98. The molecule has 19 heavy (non-hydrogen) atoms. The predicted octanol–water partition coefficient (Wildman–Crippen LogP) is 2.14. The van der Waals surface area contributed by atoms with Crippen LogP contribution in [0.15, 0.2) is 30.7 Å². The van der Waals surface area contributed by atoms with Crippen LogP contribution >= 0.6 is 0 Å². The summed E-state index contributed by atoms with van der Waals surface area (Å²) >= 11 is 0. The number of aliphatic hydroxyl groups excluding tert-OH is 1. The molecule has 0 amide bonds. The summed E-state index contributed by atoms with van der Waals surface area (Å²) in [5, 5.41) is 13.4. The third-order valence-electron chi connectivity index (χ3n) is 3.37. The predicted molar refractivity (Wildman–Crippen MR) is 70.2 cm³/mol. The molecule has 0 radical (unpaired) electrons. The van der Waals surface area contributed by atoms with Crippen molar-refractivity contribution in [2.75, 3.05) is 6.61 Å². The van der Waals surface area contributed by atoms with Gasteiger partial charge in [-0.2, -0.15) is 5.10 Å². The quantitative estimate of drug-likeness (QED) is 0.917. The molecule has 2 aromatic heterocycles. The molecule has 1 saturated heterocycles. The van der Waals surface area contributed by atoms with Crippen molar-refractivity contribution in [3.05, 3.63) is 36.4 Å². The minimum atomic E-state index is -0.0323. The molecule has 1 aliphatic heterocycles. The molecule has 0 bridgehead atoms. The van der Waals surface area contributed by atoms with Crippen LogP contribution in [0.25, 0.3) is 11.1 Å². The standard InChI is InChI=1S/C14H17N3O2/c18-10-13-5-4-11(7-15-13)12-8-16-17(9-12)14-3-1-2-6-19-14/h4-5,7-9,14,18H,1-3,6,10H2. The zero-order chi connectivity index (χ0) is 13.1. The van der Waals surface area contributed by atoms with Gasteiger partial charge < -0.3 is 9.84 Å². The zero-order valence-electron chi connectivity index (χ0n) is 10.7. The fourth-order valence-corrected chi connectivity index (χ4v) is 2.27. The molecule has 1 fully saturated rings. The molecule has 1 atom stereocenters. The molecule has 5 nitrogen and oxygen atoms in total. The van der Waals surface area contributed by atoms with Gasteiger partial charge in [-0.05, 0) is 25.3 Å². The topological polar surface area (TPSA) is 60.2 Å². The average molecular weight is 259 g/mol. The fourth-order valence-electron chi connectivity index (χ4n) is 2.27. The van der Waals surface area contributed by atoms with Gasteiger partial charge in [-0.25, -0.2) is 4.68 Å². The number of hydrogen-bond donors (Lipinski definition) is 1. The Balaban J connectivity index is 1.79. The summed E-state index contributed by atoms with van der Waals surface area (Å²) in [6.45, 7) is 0.780. The monoisotopic (exact) mass is 259 g/mol. The van der Waals surface area contributed by atoms with Crippen molar-refractivity contribution >= 4 is 0 Å². The molecule has 1 N–H and O–H groups in total. The number of ether oxygens (including phenoxy) is 1. The van der Waals surface area contributed by atoms with E-state index in [-0.39, 0.29) is 12.8 Å². The van der Waals surface area contributed by atoms with Crippen LogP contribution in [0.3, 0.4) is 0 Å². The lowest BCUT2D eigenvalue weighted by Gasteiger charge is -2.22. The first kappa shape index (κ1) is 12.3. The Morgan fingerprint density at radius 1 is 1.26 bits per heavy atom. The van der Waals surface area contributed by atoms with Gasteiger partial charge in [0, 0.05) is 30.1 Å². The van der Waals surface area contributed by atoms with E-state index in [0.717, 1.165) is 30.6 Å². The summed E-state index contributed by atoms with van der Waals surface area (Å²) in [6.07, 6.45) is 8.98. The Hall–Kier alpha value is -1.72. The van der Waals surface area contributed by atoms with Crippen LogP contribution < -0.4 is 0 Å². The highest BCUT2D eigenvalue weighted by Crippen LogP contribution is 2.24. The van der Waals surface area contributed by atoms with Gasteiger partial charge >= 0.3 is 0 Å². The van der Waals surface area contributed by atoms with Gasteiger partial charge in [0.15, 0.2) is 0 Å². The lowest BCUT2D eigenvalue weighted by molar-refractivity contribution is -0.0394. The van der Waals surface area contributed by atoms with Crippen LogP contribution in [0.5, 0.6) is 0 Å². The SMILES string of the molecule is OCc1ccc(-c2cnn(C3CCCCO3)c2)cn1. The average Bonchev–Trinajstić information content (AvgIpc) is 2.98. The second-order valence-corrected chi connectivity index (χ2v) is 4.73. The summed E-state index contributed by atoms with van der Waals surface area (Å²) in [6, 6.07) is 3.77. The van der Waals surface area contributed by atoms with E-state index in [1.807, 2.05) is 29.2 Å². The molecular weight excluding hydrogens is 242 g/mol. The third kappa shape index (κ3) is 2.67. The van der Waals surface area contributed by atoms with Crippen LogP contribution in [0.1, 0.15) is 31.2 Å². The largest absolute Gasteiger partial charge is 0.390 e. The second-order valence-electron chi connectivity index (χ2n) is 4.73. The van der Waals surface area contributed by atoms with Crippen molar-refractivity contribution in [3.63, 3.8) is 0 Å². The number of nitrogens with zero attached hydrogens (tertiary/aromatic N) is 3. The van der Waals surface area contributed by atoms with Gasteiger partial charge in [-0.1, -0.05) is 6.07 Å². The summed E-state index contributed by atoms with van der Waals surface area (Å²) in [7, 11) is 0. The Morgan fingerprint density at radius 3 is 2.89 bits per heavy atom. The molecule has 0 aliphatic carbocycles. The summed E-state index contributed by atoms with van der Waals surface area (Å²) in [5.74, 6) is 0. The first-order valence-electron chi connectivity index (χ1n) is 6.59. The van der Waals surface area contributed by atoms with Gasteiger partial charge in [0.25, 0.3) is 0 Å². The highest BCUT2D eigenvalue weighted by molar-refractivity contribution is 5.60. The van der Waals surface area contributed by atoms with E-state index >= 15 is 0 Å². The zero-order valence-corrected chi connectivity index (χ0v) is 10.7. The van der Waals surface area contributed by atoms with Crippen molar-refractivity contribution < 1.29 is 9.84 Å². The molecule has 0 aromatic carbocycles. The lowest BCUT2D eigenvalue weighted by Crippen LogP contribution is -2.18. The van der Waals surface area contributed by atoms with Crippen molar-refractivity contribution in [2.24, 2.45) is 0 Å². The fraction of sp³-hybridized carbons (Fsp3) is 0.429. The molecule has 0 spiro atoms. The molecule has 3 rings (SSSR count). The van der Waals surface area contributed by atoms with Crippen molar-refractivity contribution in [3.8, 4) is 11.1 Å². The van der Waals surface area contributed by atoms with Crippen LogP contribution in [-0.2, 0) is 11.3 Å². The Bertz CT molecular complexity index is 530. The number of hydrogen-bond acceptors (Lipinski definition) is 4. The van der Waals surface area contributed by atoms with Gasteiger partial charge in [-0.15, -0.1) is 0 Å². The molecular formula is C14H17N3O2. The minimum Gasteiger partial charge on any atom is -0.390 e. The van der Waals surface area contributed by atoms with E-state index in [1.54, 1.807) is 6.20 Å². The summed E-state index contributed by atoms with van der Waals surface area (Å²) in [4.78, 5) is 4.18. The van der Waals surface area contributed by atoms with Crippen LogP contribution in [-0.4, -0.2) is 26.5 Å². The van der Waals surface area contributed by atoms with E-state index in [1.165, 1.54) is 6.42 Å². The molecule has 1 aliphatic rings. The second kappa shape index (κ2) is 5.50. The van der Waals surface area contributed by atoms with E-state index in [4.69, 9.17) is 9.84 Å². The lowest BCUT2D eigenvalue weighted by atomic mass is 10.1. The highest BCUT2D eigenvalue weighted by atomic mass is 16.5. The molecule has 2 aromatic rings. The summed E-state index contributed by atoms with van der Waals surface area (Å²) in [5.41, 5.74) is 2.69. The van der Waals surface area contributed by atoms with Crippen molar-refractivity contribution in [2.45, 2.75) is 32.1 Å². The van der Waals surface area contributed by atoms with Gasteiger partial charge in [0.2, 0.25) is 0 Å². The molecule has 1 unspecified atom stereocenters. The van der Waals surface area contributed by atoms with Crippen LogP contribution in [0.4, 0.5) is 0 Å². The van der Waals surface area contributed by atoms with Crippen LogP contribution in [0.2, 0.25) is 0 Å². The van der Waals surface area contributed by atoms with Gasteiger partial charge in [0.1, 0.15) is 6.23 Å². The van der Waals surface area contributed by atoms with E-state index < -0.39 is 0 Å². The molecule has 3 heterocycles. The number of aliphatic hydroxyl groups is 1. The van der Waals surface area contributed by atoms with E-state index in [9.17, 15) is 0 Å². The summed E-state index contributed by atoms with van der Waals surface area (Å²) < 4.78 is 7.58. The first-order chi connectivity index (χ1) is 9.36. The van der Waals surface area contributed by atoms with Gasteiger partial charge in [0.05, 0.1) is 18.5 Å². The van der Waals surface area contributed by atoms with Crippen LogP contribution in [0, 0.1) is 0 Å². The molecule has 100 valence electrons. The molecule has 0 saturated carbocycles. The first-order valence-corrected chi connectivity index (χ1v) is 6.59. The maximum absolute atomic E-state index is 8.98. The van der Waals surface area contributed by atoms with E-state index in [2.05, 4.69) is 10.1 Å². The Kier molecular flexibility index (Phi) is 3.57.